The van der Waals surface area contributed by atoms with E-state index in [4.69, 9.17) is 4.74 Å². The average Bonchev–Trinajstić information content (AvgIpc) is 3.29. The minimum Gasteiger partial charge on any atom is -0.462 e. The van der Waals surface area contributed by atoms with Gasteiger partial charge in [0.2, 0.25) is 0 Å². The monoisotopic (exact) mass is 400 g/mol. The zero-order valence-corrected chi connectivity index (χ0v) is 16.8. The molecular weight excluding hydrogens is 380 g/mol. The van der Waals surface area contributed by atoms with Crippen LogP contribution in [0.5, 0.6) is 0 Å². The van der Waals surface area contributed by atoms with Crippen molar-refractivity contribution in [2.75, 3.05) is 11.9 Å². The van der Waals surface area contributed by atoms with Crippen LogP contribution < -0.4 is 5.32 Å². The van der Waals surface area contributed by atoms with Crippen molar-refractivity contribution in [3.05, 3.63) is 40.4 Å². The van der Waals surface area contributed by atoms with Gasteiger partial charge in [0.25, 0.3) is 5.91 Å². The van der Waals surface area contributed by atoms with Crippen LogP contribution in [0.3, 0.4) is 0 Å². The topological polar surface area (TPSA) is 112 Å². The van der Waals surface area contributed by atoms with Crippen molar-refractivity contribution < 1.29 is 14.3 Å². The molecule has 0 saturated heterocycles. The molecule has 9 nitrogen and oxygen atoms in total. The second kappa shape index (κ2) is 8.26. The van der Waals surface area contributed by atoms with Gasteiger partial charge in [-0.3, -0.25) is 10.1 Å². The Balaban J connectivity index is 1.82. The highest BCUT2D eigenvalue weighted by atomic mass is 32.1. The Morgan fingerprint density at radius 3 is 2.82 bits per heavy atom. The lowest BCUT2D eigenvalue weighted by Gasteiger charge is -2.08. The first-order chi connectivity index (χ1) is 13.4. The van der Waals surface area contributed by atoms with Crippen LogP contribution in [-0.4, -0.2) is 43.7 Å². The maximum absolute atomic E-state index is 12.7. The van der Waals surface area contributed by atoms with Gasteiger partial charge in [0.05, 0.1) is 18.3 Å². The molecule has 1 N–H and O–H groups in total. The number of aryl methyl sites for hydroxylation is 1. The van der Waals surface area contributed by atoms with E-state index in [-0.39, 0.29) is 18.6 Å². The molecule has 0 unspecified atom stereocenters. The van der Waals surface area contributed by atoms with E-state index >= 15 is 0 Å². The number of carbonyl (C=O) groups is 2. The van der Waals surface area contributed by atoms with Crippen LogP contribution in [0, 0.1) is 6.92 Å². The fourth-order valence-electron chi connectivity index (χ4n) is 2.54. The van der Waals surface area contributed by atoms with Gasteiger partial charge in [-0.15, -0.1) is 5.10 Å². The number of hydrogen-bond donors (Lipinski definition) is 1. The minimum absolute atomic E-state index is 0.0853. The number of ether oxygens (including phenoxy) is 1. The Hall–Kier alpha value is -3.14. The number of tetrazole rings is 1. The number of nitrogens with one attached hydrogen (secondary N) is 1. The van der Waals surface area contributed by atoms with Gasteiger partial charge >= 0.3 is 5.97 Å². The number of esters is 1. The molecule has 0 bridgehead atoms. The average molecular weight is 400 g/mol. The molecule has 0 spiro atoms. The highest BCUT2D eigenvalue weighted by Crippen LogP contribution is 2.25. The molecule has 3 rings (SSSR count). The zero-order chi connectivity index (χ0) is 20.3. The van der Waals surface area contributed by atoms with Gasteiger partial charge < -0.3 is 4.74 Å². The Bertz CT molecular complexity index is 1010. The van der Waals surface area contributed by atoms with E-state index in [2.05, 4.69) is 25.8 Å². The molecule has 0 atom stereocenters. The third-order valence-corrected chi connectivity index (χ3v) is 4.90. The fraction of sp³-hybridized carbons (Fsp3) is 0.333. The lowest BCUT2D eigenvalue weighted by molar-refractivity contribution is 0.0531. The maximum atomic E-state index is 12.7. The van der Waals surface area contributed by atoms with Crippen molar-refractivity contribution in [3.8, 4) is 11.4 Å². The summed E-state index contributed by atoms with van der Waals surface area (Å²) in [5.74, 6) is -0.200. The summed E-state index contributed by atoms with van der Waals surface area (Å²) >= 11 is 1.08. The lowest BCUT2D eigenvalue weighted by Crippen LogP contribution is -2.12. The van der Waals surface area contributed by atoms with Crippen molar-refractivity contribution in [1.29, 1.82) is 0 Å². The summed E-state index contributed by atoms with van der Waals surface area (Å²) in [6.45, 7) is 7.66. The number of anilines is 1. The van der Waals surface area contributed by atoms with Crippen LogP contribution >= 0.6 is 11.3 Å². The smallest absolute Gasteiger partial charge is 0.350 e. The van der Waals surface area contributed by atoms with Gasteiger partial charge in [0.1, 0.15) is 4.88 Å². The Morgan fingerprint density at radius 2 is 2.11 bits per heavy atom. The maximum Gasteiger partial charge on any atom is 0.350 e. The largest absolute Gasteiger partial charge is 0.462 e. The van der Waals surface area contributed by atoms with Gasteiger partial charge in [-0.1, -0.05) is 23.5 Å². The van der Waals surface area contributed by atoms with Crippen molar-refractivity contribution in [1.82, 2.24) is 25.2 Å². The number of thiazole rings is 1. The third-order valence-electron chi connectivity index (χ3n) is 3.84. The van der Waals surface area contributed by atoms with Crippen molar-refractivity contribution in [2.45, 2.75) is 33.7 Å². The normalized spacial score (nSPS) is 10.9. The highest BCUT2D eigenvalue weighted by Gasteiger charge is 2.19. The van der Waals surface area contributed by atoms with Gasteiger partial charge in [-0.2, -0.15) is 0 Å². The van der Waals surface area contributed by atoms with Crippen molar-refractivity contribution in [2.24, 2.45) is 0 Å². The standard InChI is InChI=1S/C18H20N6O3S/c1-5-27-17(26)14-11(4)19-18(28-14)20-16(25)13-8-6-7-12(9-13)15-21-22-23-24(15)10(2)3/h6-10H,5H2,1-4H3,(H,19,20,25). The Kier molecular flexibility index (Phi) is 5.78. The molecular formula is C18H20N6O3S. The van der Waals surface area contributed by atoms with E-state index < -0.39 is 5.97 Å². The molecule has 10 heteroatoms. The predicted octanol–water partition coefficient (Wildman–Crippen LogP) is 3.11. The lowest BCUT2D eigenvalue weighted by atomic mass is 10.1. The molecule has 0 aliphatic heterocycles. The summed E-state index contributed by atoms with van der Waals surface area (Å²) in [5, 5.41) is 14.8. The summed E-state index contributed by atoms with van der Waals surface area (Å²) in [5.41, 5.74) is 1.68. The van der Waals surface area contributed by atoms with Crippen LogP contribution in [0.15, 0.2) is 24.3 Å². The van der Waals surface area contributed by atoms with Crippen LogP contribution in [0.1, 0.15) is 52.5 Å². The second-order valence-corrected chi connectivity index (χ2v) is 7.23. The predicted molar refractivity (Wildman–Crippen MR) is 104 cm³/mol. The number of amides is 1. The van der Waals surface area contributed by atoms with E-state index in [1.54, 1.807) is 36.7 Å². The first-order valence-corrected chi connectivity index (χ1v) is 9.56. The minimum atomic E-state index is -0.444. The van der Waals surface area contributed by atoms with Gasteiger partial charge in [0, 0.05) is 11.1 Å². The van der Waals surface area contributed by atoms with Crippen LogP contribution in [0.25, 0.3) is 11.4 Å². The third kappa shape index (κ3) is 4.06. The Morgan fingerprint density at radius 1 is 1.32 bits per heavy atom. The van der Waals surface area contributed by atoms with E-state index in [1.165, 1.54) is 0 Å². The molecule has 0 radical (unpaired) electrons. The van der Waals surface area contributed by atoms with E-state index in [0.29, 0.717) is 27.1 Å². The molecule has 0 aliphatic rings. The molecule has 3 aromatic rings. The van der Waals surface area contributed by atoms with Gasteiger partial charge in [-0.05, 0) is 50.3 Å². The van der Waals surface area contributed by atoms with E-state index in [1.807, 2.05) is 19.9 Å². The van der Waals surface area contributed by atoms with Crippen LogP contribution in [0.2, 0.25) is 0 Å². The molecule has 28 heavy (non-hydrogen) atoms. The summed E-state index contributed by atoms with van der Waals surface area (Å²) < 4.78 is 6.68. The summed E-state index contributed by atoms with van der Waals surface area (Å²) in [6.07, 6.45) is 0. The molecule has 1 aromatic carbocycles. The van der Waals surface area contributed by atoms with Gasteiger partial charge in [0.15, 0.2) is 11.0 Å². The first-order valence-electron chi connectivity index (χ1n) is 8.75. The van der Waals surface area contributed by atoms with Crippen LogP contribution in [0.4, 0.5) is 5.13 Å². The summed E-state index contributed by atoms with van der Waals surface area (Å²) in [7, 11) is 0. The molecule has 2 aromatic heterocycles. The number of aromatic nitrogens is 5. The zero-order valence-electron chi connectivity index (χ0n) is 16.0. The first kappa shape index (κ1) is 19.6. The summed E-state index contributed by atoms with van der Waals surface area (Å²) in [4.78, 5) is 29.2. The van der Waals surface area contributed by atoms with E-state index in [0.717, 1.165) is 16.9 Å². The highest BCUT2D eigenvalue weighted by molar-refractivity contribution is 7.17. The SMILES string of the molecule is CCOC(=O)c1sc(NC(=O)c2cccc(-c3nnnn3C(C)C)c2)nc1C. The fourth-order valence-corrected chi connectivity index (χ4v) is 3.39. The van der Waals surface area contributed by atoms with Crippen LogP contribution in [-0.2, 0) is 4.74 Å². The Labute approximate surface area is 165 Å². The molecule has 0 aliphatic carbocycles. The molecule has 2 heterocycles. The number of rotatable bonds is 6. The molecule has 1 amide bonds. The second-order valence-electron chi connectivity index (χ2n) is 6.23. The number of hydrogen-bond acceptors (Lipinski definition) is 8. The number of carbonyl (C=O) groups excluding carboxylic acids is 2. The van der Waals surface area contributed by atoms with Gasteiger partial charge in [-0.25, -0.2) is 14.5 Å². The quantitative estimate of drug-likeness (QED) is 0.633. The number of benzene rings is 1. The molecule has 0 saturated carbocycles. The molecule has 146 valence electrons. The van der Waals surface area contributed by atoms with Crippen molar-refractivity contribution >= 4 is 28.3 Å². The van der Waals surface area contributed by atoms with Crippen molar-refractivity contribution in [3.63, 3.8) is 0 Å². The number of nitrogens with zero attached hydrogens (tertiary/aromatic N) is 5. The van der Waals surface area contributed by atoms with E-state index in [9.17, 15) is 9.59 Å². The molecule has 0 fully saturated rings. The summed E-state index contributed by atoms with van der Waals surface area (Å²) in [6, 6.07) is 7.10.